The second kappa shape index (κ2) is 10.2. The van der Waals surface area contributed by atoms with Crippen molar-refractivity contribution in [1.82, 2.24) is 9.62 Å². The van der Waals surface area contributed by atoms with Gasteiger partial charge in [0.05, 0.1) is 11.0 Å². The van der Waals surface area contributed by atoms with E-state index in [-0.39, 0.29) is 17.9 Å². The molecule has 2 aromatic rings. The van der Waals surface area contributed by atoms with Crippen molar-refractivity contribution in [3.8, 4) is 0 Å². The molecule has 0 aromatic heterocycles. The number of ether oxygens (including phenoxy) is 1. The Morgan fingerprint density at radius 2 is 1.84 bits per heavy atom. The molecule has 2 N–H and O–H groups in total. The highest BCUT2D eigenvalue weighted by atomic mass is 32.2. The van der Waals surface area contributed by atoms with Gasteiger partial charge >= 0.3 is 5.97 Å². The number of carbonyl (C=O) groups is 2. The fraction of sp³-hybridized carbons (Fsp3) is 0.391. The van der Waals surface area contributed by atoms with Crippen molar-refractivity contribution < 1.29 is 27.9 Å². The number of nitrogens with one attached hydrogen (secondary N) is 1. The number of β-amino-alcohol motifs (C(OH)–C–C–N with tert-alkyl or cyclic N) is 1. The minimum atomic E-state index is -4.02. The molecule has 1 saturated heterocycles. The first-order valence-corrected chi connectivity index (χ1v) is 11.9. The summed E-state index contributed by atoms with van der Waals surface area (Å²) in [7, 11) is -4.02. The smallest absolute Gasteiger partial charge is 0.325 e. The lowest BCUT2D eigenvalue weighted by molar-refractivity contribution is -0.151. The zero-order valence-corrected chi connectivity index (χ0v) is 19.0. The van der Waals surface area contributed by atoms with Crippen LogP contribution in [0.4, 0.5) is 0 Å². The Labute approximate surface area is 188 Å². The maximum absolute atomic E-state index is 13.1. The van der Waals surface area contributed by atoms with Gasteiger partial charge in [-0.1, -0.05) is 36.4 Å². The van der Waals surface area contributed by atoms with Crippen molar-refractivity contribution in [2.45, 2.75) is 43.7 Å². The van der Waals surface area contributed by atoms with Gasteiger partial charge in [0.2, 0.25) is 10.0 Å². The predicted octanol–water partition coefficient (Wildman–Crippen LogP) is 1.33. The van der Waals surface area contributed by atoms with Crippen LogP contribution in [0.25, 0.3) is 0 Å². The fourth-order valence-electron chi connectivity index (χ4n) is 3.55. The number of rotatable bonds is 8. The molecule has 1 amide bonds. The van der Waals surface area contributed by atoms with E-state index in [0.717, 1.165) is 21.0 Å². The first-order chi connectivity index (χ1) is 15.2. The highest BCUT2D eigenvalue weighted by Crippen LogP contribution is 2.28. The standard InChI is InChI=1S/C23H28N2O6S/c1-16-8-9-20(12-17(16)2)32(29,30)25-14-19(26)13-21(25)23(28)31-15-22(27)24-11-10-18-6-4-3-5-7-18/h3-9,12,19,21,26H,10-11,13-15H2,1-2H3,(H,24,27)/t19?,21-/m0/s1. The van der Waals surface area contributed by atoms with Gasteiger partial charge < -0.3 is 15.2 Å². The number of sulfonamides is 1. The molecule has 1 fully saturated rings. The third-order valence-corrected chi connectivity index (χ3v) is 7.39. The van der Waals surface area contributed by atoms with Gasteiger partial charge in [0.1, 0.15) is 6.04 Å². The minimum Gasteiger partial charge on any atom is -0.454 e. The summed E-state index contributed by atoms with van der Waals surface area (Å²) in [5.41, 5.74) is 2.81. The van der Waals surface area contributed by atoms with Crippen LogP contribution in [-0.2, 0) is 30.8 Å². The lowest BCUT2D eigenvalue weighted by atomic mass is 10.1. The zero-order valence-electron chi connectivity index (χ0n) is 18.2. The number of esters is 1. The third-order valence-electron chi connectivity index (χ3n) is 5.51. The summed E-state index contributed by atoms with van der Waals surface area (Å²) in [4.78, 5) is 24.6. The molecule has 172 valence electrons. The van der Waals surface area contributed by atoms with Gasteiger partial charge in [-0.15, -0.1) is 0 Å². The normalized spacial score (nSPS) is 19.0. The number of aliphatic hydroxyl groups excluding tert-OH is 1. The van der Waals surface area contributed by atoms with Gasteiger partial charge in [0.15, 0.2) is 6.61 Å². The molecular formula is C23H28N2O6S. The molecule has 1 heterocycles. The van der Waals surface area contributed by atoms with E-state index >= 15 is 0 Å². The maximum atomic E-state index is 13.1. The van der Waals surface area contributed by atoms with Crippen LogP contribution >= 0.6 is 0 Å². The SMILES string of the molecule is Cc1ccc(S(=O)(=O)N2CC(O)C[C@H]2C(=O)OCC(=O)NCCc2ccccc2)cc1C. The van der Waals surface area contributed by atoms with Gasteiger partial charge in [-0.3, -0.25) is 9.59 Å². The number of aryl methyl sites for hydroxylation is 2. The molecule has 0 radical (unpaired) electrons. The second-order valence-electron chi connectivity index (χ2n) is 7.92. The van der Waals surface area contributed by atoms with E-state index in [1.54, 1.807) is 13.0 Å². The monoisotopic (exact) mass is 460 g/mol. The van der Waals surface area contributed by atoms with Gasteiger partial charge in [-0.25, -0.2) is 8.42 Å². The molecule has 2 aromatic carbocycles. The number of nitrogens with zero attached hydrogens (tertiary/aromatic N) is 1. The van der Waals surface area contributed by atoms with Crippen LogP contribution in [0.15, 0.2) is 53.4 Å². The molecule has 0 saturated carbocycles. The zero-order chi connectivity index (χ0) is 23.3. The number of carbonyl (C=O) groups excluding carboxylic acids is 2. The summed E-state index contributed by atoms with van der Waals surface area (Å²) in [6, 6.07) is 13.1. The van der Waals surface area contributed by atoms with Crippen molar-refractivity contribution in [2.24, 2.45) is 0 Å². The maximum Gasteiger partial charge on any atom is 0.325 e. The van der Waals surface area contributed by atoms with Gasteiger partial charge in [-0.05, 0) is 49.1 Å². The molecule has 32 heavy (non-hydrogen) atoms. The summed E-state index contributed by atoms with van der Waals surface area (Å²) in [6.45, 7) is 3.33. The lowest BCUT2D eigenvalue weighted by Crippen LogP contribution is -2.42. The predicted molar refractivity (Wildman–Crippen MR) is 118 cm³/mol. The van der Waals surface area contributed by atoms with Gasteiger partial charge in [0.25, 0.3) is 5.91 Å². The van der Waals surface area contributed by atoms with Gasteiger partial charge in [-0.2, -0.15) is 4.31 Å². The molecular weight excluding hydrogens is 432 g/mol. The molecule has 1 aliphatic heterocycles. The molecule has 1 aliphatic rings. The van der Waals surface area contributed by atoms with E-state index in [1.165, 1.54) is 12.1 Å². The van der Waals surface area contributed by atoms with Gasteiger partial charge in [0, 0.05) is 19.5 Å². The Balaban J connectivity index is 1.58. The van der Waals surface area contributed by atoms with Crippen LogP contribution in [0.1, 0.15) is 23.1 Å². The molecule has 0 spiro atoms. The second-order valence-corrected chi connectivity index (χ2v) is 9.81. The van der Waals surface area contributed by atoms with Crippen molar-refractivity contribution in [2.75, 3.05) is 19.7 Å². The fourth-order valence-corrected chi connectivity index (χ4v) is 5.26. The van der Waals surface area contributed by atoms with Crippen LogP contribution in [0.2, 0.25) is 0 Å². The Morgan fingerprint density at radius 1 is 1.12 bits per heavy atom. The van der Waals surface area contributed by atoms with Crippen molar-refractivity contribution in [3.63, 3.8) is 0 Å². The van der Waals surface area contributed by atoms with Crippen molar-refractivity contribution in [3.05, 3.63) is 65.2 Å². The van der Waals surface area contributed by atoms with Crippen molar-refractivity contribution in [1.29, 1.82) is 0 Å². The van der Waals surface area contributed by atoms with E-state index in [9.17, 15) is 23.1 Å². The molecule has 2 atom stereocenters. The average molecular weight is 461 g/mol. The van der Waals surface area contributed by atoms with Crippen LogP contribution in [0.5, 0.6) is 0 Å². The molecule has 9 heteroatoms. The Bertz CT molecular complexity index is 1070. The highest BCUT2D eigenvalue weighted by molar-refractivity contribution is 7.89. The number of amides is 1. The highest BCUT2D eigenvalue weighted by Gasteiger charge is 2.44. The average Bonchev–Trinajstić information content (AvgIpc) is 3.17. The quantitative estimate of drug-likeness (QED) is 0.575. The Kier molecular flexibility index (Phi) is 7.65. The van der Waals surface area contributed by atoms with Crippen LogP contribution in [-0.4, -0.2) is 61.5 Å². The Morgan fingerprint density at radius 3 is 2.53 bits per heavy atom. The summed E-state index contributed by atoms with van der Waals surface area (Å²) in [6.07, 6.45) is -0.441. The summed E-state index contributed by atoms with van der Waals surface area (Å²) in [5, 5.41) is 12.7. The molecule has 8 nitrogen and oxygen atoms in total. The summed E-state index contributed by atoms with van der Waals surface area (Å²) < 4.78 is 32.2. The summed E-state index contributed by atoms with van der Waals surface area (Å²) >= 11 is 0. The molecule has 1 unspecified atom stereocenters. The van der Waals surface area contributed by atoms with E-state index < -0.39 is 40.7 Å². The summed E-state index contributed by atoms with van der Waals surface area (Å²) in [5.74, 6) is -1.33. The van der Waals surface area contributed by atoms with Crippen LogP contribution in [0.3, 0.4) is 0 Å². The van der Waals surface area contributed by atoms with Crippen LogP contribution in [0, 0.1) is 13.8 Å². The number of hydrogen-bond donors (Lipinski definition) is 2. The first kappa shape index (κ1) is 23.9. The molecule has 3 rings (SSSR count). The lowest BCUT2D eigenvalue weighted by Gasteiger charge is -2.22. The molecule has 0 aliphatic carbocycles. The number of benzene rings is 2. The topological polar surface area (TPSA) is 113 Å². The van der Waals surface area contributed by atoms with Crippen LogP contribution < -0.4 is 5.32 Å². The largest absolute Gasteiger partial charge is 0.454 e. The molecule has 0 bridgehead atoms. The number of hydrogen-bond acceptors (Lipinski definition) is 6. The van der Waals surface area contributed by atoms with E-state index in [4.69, 9.17) is 4.74 Å². The van der Waals surface area contributed by atoms with E-state index in [2.05, 4.69) is 5.32 Å². The number of aliphatic hydroxyl groups is 1. The van der Waals surface area contributed by atoms with E-state index in [0.29, 0.717) is 13.0 Å². The third kappa shape index (κ3) is 5.73. The Hall–Kier alpha value is -2.75. The van der Waals surface area contributed by atoms with E-state index in [1.807, 2.05) is 37.3 Å². The first-order valence-electron chi connectivity index (χ1n) is 10.4. The minimum absolute atomic E-state index is 0.0474. The van der Waals surface area contributed by atoms with Crippen molar-refractivity contribution >= 4 is 21.9 Å².